The first-order valence-corrected chi connectivity index (χ1v) is 7.77. The van der Waals surface area contributed by atoms with E-state index in [1.165, 1.54) is 25.8 Å². The van der Waals surface area contributed by atoms with Crippen LogP contribution in [-0.4, -0.2) is 60.5 Å². The van der Waals surface area contributed by atoms with Crippen molar-refractivity contribution in [3.63, 3.8) is 0 Å². The minimum Gasteiger partial charge on any atom is -0.383 e. The summed E-state index contributed by atoms with van der Waals surface area (Å²) in [5, 5.41) is 3.46. The molecule has 1 N–H and O–H groups in total. The van der Waals surface area contributed by atoms with E-state index in [1.54, 1.807) is 25.2 Å². The molecule has 2 rings (SSSR count). The molecule has 0 bridgehead atoms. The van der Waals surface area contributed by atoms with Crippen LogP contribution in [-0.2, 0) is 0 Å². The third-order valence-corrected chi connectivity index (χ3v) is 4.08. The summed E-state index contributed by atoms with van der Waals surface area (Å²) in [5.74, 6) is -0.0634. The zero-order chi connectivity index (χ0) is 15.2. The second-order valence-electron chi connectivity index (χ2n) is 5.79. The fraction of sp³-hybridized carbons (Fsp3) is 0.625. The zero-order valence-corrected chi connectivity index (χ0v) is 13.3. The van der Waals surface area contributed by atoms with Gasteiger partial charge >= 0.3 is 0 Å². The highest BCUT2D eigenvalue weighted by atomic mass is 16.2. The van der Waals surface area contributed by atoms with Gasteiger partial charge in [0.2, 0.25) is 0 Å². The highest BCUT2D eigenvalue weighted by Gasteiger charge is 2.20. The number of hydrogen-bond donors (Lipinski definition) is 1. The van der Waals surface area contributed by atoms with E-state index in [1.807, 2.05) is 12.1 Å². The Balaban J connectivity index is 1.96. The first-order valence-electron chi connectivity index (χ1n) is 7.77. The van der Waals surface area contributed by atoms with Crippen molar-refractivity contribution in [2.45, 2.75) is 32.2 Å². The number of nitrogens with one attached hydrogen (secondary N) is 1. The van der Waals surface area contributed by atoms with E-state index < -0.39 is 0 Å². The minimum atomic E-state index is -0.0634. The molecule has 21 heavy (non-hydrogen) atoms. The molecule has 0 aliphatic carbocycles. The number of piperidine rings is 1. The molecule has 116 valence electrons. The quantitative estimate of drug-likeness (QED) is 0.902. The number of likely N-dealkylation sites (N-methyl/N-ethyl adjacent to an activating group) is 1. The molecule has 0 spiro atoms. The number of pyridine rings is 1. The van der Waals surface area contributed by atoms with Gasteiger partial charge in [0, 0.05) is 38.6 Å². The molecule has 0 aromatic carbocycles. The van der Waals surface area contributed by atoms with Gasteiger partial charge in [-0.3, -0.25) is 14.7 Å². The first-order chi connectivity index (χ1) is 10.1. The molecule has 0 radical (unpaired) electrons. The monoisotopic (exact) mass is 290 g/mol. The van der Waals surface area contributed by atoms with E-state index in [9.17, 15) is 4.79 Å². The van der Waals surface area contributed by atoms with Crippen molar-refractivity contribution in [3.8, 4) is 0 Å². The smallest absolute Gasteiger partial charge is 0.272 e. The number of hydrogen-bond acceptors (Lipinski definition) is 4. The molecule has 2 heterocycles. The van der Waals surface area contributed by atoms with Crippen LogP contribution in [0.4, 0.5) is 5.69 Å². The third kappa shape index (κ3) is 4.17. The molecule has 1 unspecified atom stereocenters. The Kier molecular flexibility index (Phi) is 5.56. The number of carbonyl (C=O) groups is 1. The average Bonchev–Trinajstić information content (AvgIpc) is 2.52. The van der Waals surface area contributed by atoms with Crippen LogP contribution in [0.5, 0.6) is 0 Å². The molecule has 1 amide bonds. The minimum absolute atomic E-state index is 0.0634. The number of aromatic nitrogens is 1. The number of likely N-dealkylation sites (tertiary alicyclic amines) is 1. The topological polar surface area (TPSA) is 48.5 Å². The van der Waals surface area contributed by atoms with Crippen molar-refractivity contribution in [1.29, 1.82) is 0 Å². The zero-order valence-electron chi connectivity index (χ0n) is 13.3. The second-order valence-corrected chi connectivity index (χ2v) is 5.79. The van der Waals surface area contributed by atoms with Crippen molar-refractivity contribution in [2.24, 2.45) is 0 Å². The molecule has 5 heteroatoms. The van der Waals surface area contributed by atoms with Crippen molar-refractivity contribution in [1.82, 2.24) is 14.8 Å². The third-order valence-electron chi connectivity index (χ3n) is 4.08. The molecule has 1 fully saturated rings. The van der Waals surface area contributed by atoms with Gasteiger partial charge in [0.1, 0.15) is 5.69 Å². The summed E-state index contributed by atoms with van der Waals surface area (Å²) >= 11 is 0. The van der Waals surface area contributed by atoms with Gasteiger partial charge in [-0.2, -0.15) is 0 Å². The second kappa shape index (κ2) is 7.41. The van der Waals surface area contributed by atoms with Crippen LogP contribution in [0.1, 0.15) is 36.7 Å². The Morgan fingerprint density at radius 2 is 2.29 bits per heavy atom. The lowest BCUT2D eigenvalue weighted by Crippen LogP contribution is -2.43. The fourth-order valence-corrected chi connectivity index (χ4v) is 2.83. The summed E-state index contributed by atoms with van der Waals surface area (Å²) in [6.07, 6.45) is 5.55. The molecule has 1 aliphatic heterocycles. The maximum absolute atomic E-state index is 11.9. The predicted molar refractivity (Wildman–Crippen MR) is 85.6 cm³/mol. The number of nitrogens with zero attached hydrogens (tertiary/aromatic N) is 3. The molecule has 1 saturated heterocycles. The van der Waals surface area contributed by atoms with E-state index >= 15 is 0 Å². The van der Waals surface area contributed by atoms with Gasteiger partial charge < -0.3 is 10.2 Å². The fourth-order valence-electron chi connectivity index (χ4n) is 2.83. The SMILES string of the molecule is CCN1CCCCC1CNc1ccnc(C(=O)N(C)C)c1. The molecule has 1 aliphatic rings. The summed E-state index contributed by atoms with van der Waals surface area (Å²) in [6.45, 7) is 5.45. The molecule has 0 saturated carbocycles. The highest BCUT2D eigenvalue weighted by Crippen LogP contribution is 2.17. The van der Waals surface area contributed by atoms with Crippen molar-refractivity contribution in [3.05, 3.63) is 24.0 Å². The van der Waals surface area contributed by atoms with Crippen LogP contribution in [0.15, 0.2) is 18.3 Å². The van der Waals surface area contributed by atoms with Gasteiger partial charge in [-0.1, -0.05) is 13.3 Å². The summed E-state index contributed by atoms with van der Waals surface area (Å²) in [4.78, 5) is 20.2. The van der Waals surface area contributed by atoms with Crippen molar-refractivity contribution >= 4 is 11.6 Å². The van der Waals surface area contributed by atoms with Gasteiger partial charge in [0.15, 0.2) is 0 Å². The van der Waals surface area contributed by atoms with Crippen molar-refractivity contribution in [2.75, 3.05) is 39.0 Å². The highest BCUT2D eigenvalue weighted by molar-refractivity contribution is 5.92. The lowest BCUT2D eigenvalue weighted by Gasteiger charge is -2.35. The molecule has 5 nitrogen and oxygen atoms in total. The Morgan fingerprint density at radius 1 is 1.48 bits per heavy atom. The maximum Gasteiger partial charge on any atom is 0.272 e. The summed E-state index contributed by atoms with van der Waals surface area (Å²) in [6, 6.07) is 4.34. The summed E-state index contributed by atoms with van der Waals surface area (Å²) in [7, 11) is 3.48. The molecule has 1 aromatic heterocycles. The number of carbonyl (C=O) groups excluding carboxylic acids is 1. The summed E-state index contributed by atoms with van der Waals surface area (Å²) < 4.78 is 0. The van der Waals surface area contributed by atoms with Crippen LogP contribution in [0.2, 0.25) is 0 Å². The number of amides is 1. The predicted octanol–water partition coefficient (Wildman–Crippen LogP) is 2.07. The first kappa shape index (κ1) is 15.8. The van der Waals surface area contributed by atoms with E-state index in [0.717, 1.165) is 18.8 Å². The lowest BCUT2D eigenvalue weighted by molar-refractivity contribution is 0.0822. The van der Waals surface area contributed by atoms with Gasteiger partial charge in [-0.15, -0.1) is 0 Å². The summed E-state index contributed by atoms with van der Waals surface area (Å²) in [5.41, 5.74) is 1.46. The molecular weight excluding hydrogens is 264 g/mol. The van der Waals surface area contributed by atoms with E-state index in [4.69, 9.17) is 0 Å². The van der Waals surface area contributed by atoms with E-state index in [-0.39, 0.29) is 5.91 Å². The standard InChI is InChI=1S/C16H26N4O/c1-4-20-10-6-5-7-14(20)12-18-13-8-9-17-15(11-13)16(21)19(2)3/h8-9,11,14H,4-7,10,12H2,1-3H3,(H,17,18). The molecular formula is C16H26N4O. The Labute approximate surface area is 127 Å². The van der Waals surface area contributed by atoms with Gasteiger partial charge in [-0.25, -0.2) is 0 Å². The Hall–Kier alpha value is -1.62. The Morgan fingerprint density at radius 3 is 3.00 bits per heavy atom. The number of anilines is 1. The van der Waals surface area contributed by atoms with Crippen LogP contribution >= 0.6 is 0 Å². The van der Waals surface area contributed by atoms with Gasteiger partial charge in [-0.05, 0) is 38.1 Å². The average molecular weight is 290 g/mol. The molecule has 1 atom stereocenters. The Bertz CT molecular complexity index is 475. The normalized spacial score (nSPS) is 19.3. The maximum atomic E-state index is 11.9. The van der Waals surface area contributed by atoms with Gasteiger partial charge in [0.05, 0.1) is 0 Å². The largest absolute Gasteiger partial charge is 0.383 e. The van der Waals surface area contributed by atoms with Crippen LogP contribution in [0, 0.1) is 0 Å². The lowest BCUT2D eigenvalue weighted by atomic mass is 10.0. The number of rotatable bonds is 5. The van der Waals surface area contributed by atoms with Gasteiger partial charge in [0.25, 0.3) is 5.91 Å². The molecule has 1 aromatic rings. The van der Waals surface area contributed by atoms with Crippen LogP contribution in [0.25, 0.3) is 0 Å². The van der Waals surface area contributed by atoms with Crippen LogP contribution in [0.3, 0.4) is 0 Å². The van der Waals surface area contributed by atoms with Crippen molar-refractivity contribution < 1.29 is 4.79 Å². The van der Waals surface area contributed by atoms with E-state index in [0.29, 0.717) is 11.7 Å². The van der Waals surface area contributed by atoms with E-state index in [2.05, 4.69) is 22.1 Å². The van der Waals surface area contributed by atoms with Crippen LogP contribution < -0.4 is 5.32 Å².